The molecule has 1 atom stereocenters. The molecule has 0 saturated heterocycles. The highest BCUT2D eigenvalue weighted by atomic mass is 32.2. The first-order chi connectivity index (χ1) is 16.9. The van der Waals surface area contributed by atoms with E-state index in [9.17, 15) is 4.79 Å². The van der Waals surface area contributed by atoms with Crippen LogP contribution in [0.2, 0.25) is 0 Å². The van der Waals surface area contributed by atoms with Gasteiger partial charge < -0.3 is 19.5 Å². The van der Waals surface area contributed by atoms with E-state index in [4.69, 9.17) is 14.2 Å². The minimum atomic E-state index is -0.174. The summed E-state index contributed by atoms with van der Waals surface area (Å²) in [5.74, 6) is 3.10. The Labute approximate surface area is 211 Å². The SMILES string of the molecule is CCOc1ccc(C(NC(=O)CSc2nnc(C)n2-c2ccccc2OC)C(C)C)cc1OCC. The lowest BCUT2D eigenvalue weighted by molar-refractivity contribution is -0.119. The van der Waals surface area contributed by atoms with Crippen molar-refractivity contribution in [3.63, 3.8) is 0 Å². The molecule has 0 radical (unpaired) electrons. The van der Waals surface area contributed by atoms with Crippen LogP contribution in [0.25, 0.3) is 5.69 Å². The van der Waals surface area contributed by atoms with E-state index >= 15 is 0 Å². The van der Waals surface area contributed by atoms with E-state index < -0.39 is 0 Å². The summed E-state index contributed by atoms with van der Waals surface area (Å²) in [6.07, 6.45) is 0. The lowest BCUT2D eigenvalue weighted by atomic mass is 9.95. The van der Waals surface area contributed by atoms with E-state index in [1.807, 2.05) is 67.8 Å². The van der Waals surface area contributed by atoms with Crippen molar-refractivity contribution in [2.75, 3.05) is 26.1 Å². The van der Waals surface area contributed by atoms with Gasteiger partial charge in [-0.15, -0.1) is 10.2 Å². The first kappa shape index (κ1) is 26.4. The largest absolute Gasteiger partial charge is 0.495 e. The first-order valence-electron chi connectivity index (χ1n) is 11.8. The molecule has 188 valence electrons. The maximum absolute atomic E-state index is 13.0. The summed E-state index contributed by atoms with van der Waals surface area (Å²) >= 11 is 1.34. The molecule has 8 nitrogen and oxygen atoms in total. The molecule has 2 aromatic carbocycles. The number of carbonyl (C=O) groups is 1. The third-order valence-electron chi connectivity index (χ3n) is 5.36. The lowest BCUT2D eigenvalue weighted by Gasteiger charge is -2.24. The van der Waals surface area contributed by atoms with Crippen LogP contribution in [0.3, 0.4) is 0 Å². The molecule has 0 fully saturated rings. The van der Waals surface area contributed by atoms with Crippen LogP contribution in [-0.2, 0) is 4.79 Å². The van der Waals surface area contributed by atoms with Crippen molar-refractivity contribution in [1.29, 1.82) is 0 Å². The molecular weight excluding hydrogens is 464 g/mol. The zero-order chi connectivity index (χ0) is 25.4. The van der Waals surface area contributed by atoms with Gasteiger partial charge in [-0.3, -0.25) is 9.36 Å². The molecule has 1 heterocycles. The number of carbonyl (C=O) groups excluding carboxylic acids is 1. The number of thioether (sulfide) groups is 1. The molecule has 0 spiro atoms. The Kier molecular flexibility index (Phi) is 9.42. The molecule has 1 aromatic heterocycles. The van der Waals surface area contributed by atoms with Gasteiger partial charge in [0, 0.05) is 0 Å². The van der Waals surface area contributed by atoms with E-state index in [2.05, 4.69) is 29.4 Å². The van der Waals surface area contributed by atoms with Gasteiger partial charge in [0.15, 0.2) is 16.7 Å². The third-order valence-corrected chi connectivity index (χ3v) is 6.29. The van der Waals surface area contributed by atoms with Gasteiger partial charge in [-0.2, -0.15) is 0 Å². The third kappa shape index (κ3) is 6.48. The fraction of sp³-hybridized carbons (Fsp3) is 0.423. The Morgan fingerprint density at radius 1 is 1.03 bits per heavy atom. The second-order valence-corrected chi connectivity index (χ2v) is 9.13. The van der Waals surface area contributed by atoms with Crippen molar-refractivity contribution in [3.8, 4) is 22.9 Å². The number of rotatable bonds is 12. The molecule has 0 saturated carbocycles. The quantitative estimate of drug-likeness (QED) is 0.352. The summed E-state index contributed by atoms with van der Waals surface area (Å²) in [7, 11) is 1.63. The molecule has 35 heavy (non-hydrogen) atoms. The van der Waals surface area contributed by atoms with Crippen molar-refractivity contribution < 1.29 is 19.0 Å². The molecule has 9 heteroatoms. The molecule has 0 aliphatic rings. The lowest BCUT2D eigenvalue weighted by Crippen LogP contribution is -2.33. The monoisotopic (exact) mass is 498 g/mol. The van der Waals surface area contributed by atoms with Gasteiger partial charge in [0.25, 0.3) is 0 Å². The molecule has 3 rings (SSSR count). The predicted molar refractivity (Wildman–Crippen MR) is 138 cm³/mol. The highest BCUT2D eigenvalue weighted by molar-refractivity contribution is 7.99. The van der Waals surface area contributed by atoms with Crippen LogP contribution >= 0.6 is 11.8 Å². The average molecular weight is 499 g/mol. The maximum atomic E-state index is 13.0. The summed E-state index contributed by atoms with van der Waals surface area (Å²) in [6, 6.07) is 13.3. The summed E-state index contributed by atoms with van der Waals surface area (Å²) in [4.78, 5) is 13.0. The van der Waals surface area contributed by atoms with Gasteiger partial charge >= 0.3 is 0 Å². The van der Waals surface area contributed by atoms with Crippen LogP contribution in [0.1, 0.15) is 45.1 Å². The van der Waals surface area contributed by atoms with Crippen molar-refractivity contribution in [2.45, 2.75) is 45.8 Å². The van der Waals surface area contributed by atoms with E-state index in [1.165, 1.54) is 11.8 Å². The zero-order valence-electron chi connectivity index (χ0n) is 21.2. The van der Waals surface area contributed by atoms with Gasteiger partial charge in [-0.05, 0) is 56.5 Å². The molecule has 0 aliphatic carbocycles. The Balaban J connectivity index is 1.75. The smallest absolute Gasteiger partial charge is 0.230 e. The highest BCUT2D eigenvalue weighted by Gasteiger charge is 2.22. The number of aryl methyl sites for hydroxylation is 1. The highest BCUT2D eigenvalue weighted by Crippen LogP contribution is 2.33. The molecule has 0 bridgehead atoms. The van der Waals surface area contributed by atoms with Crippen molar-refractivity contribution in [2.24, 2.45) is 5.92 Å². The van der Waals surface area contributed by atoms with Crippen molar-refractivity contribution >= 4 is 17.7 Å². The second-order valence-electron chi connectivity index (χ2n) is 8.19. The number of benzene rings is 2. The summed E-state index contributed by atoms with van der Waals surface area (Å²) in [5.41, 5.74) is 1.80. The number of para-hydroxylation sites is 2. The Bertz CT molecular complexity index is 1130. The molecule has 1 amide bonds. The molecule has 3 aromatic rings. The minimum Gasteiger partial charge on any atom is -0.495 e. The molecule has 1 N–H and O–H groups in total. The number of hydrogen-bond donors (Lipinski definition) is 1. The number of nitrogens with one attached hydrogen (secondary N) is 1. The van der Waals surface area contributed by atoms with Gasteiger partial charge in [-0.1, -0.05) is 43.8 Å². The Morgan fingerprint density at radius 3 is 2.43 bits per heavy atom. The Hall–Kier alpha value is -3.20. The number of amides is 1. The van der Waals surface area contributed by atoms with Crippen molar-refractivity contribution in [3.05, 3.63) is 53.9 Å². The van der Waals surface area contributed by atoms with Crippen LogP contribution in [0.15, 0.2) is 47.6 Å². The van der Waals surface area contributed by atoms with Gasteiger partial charge in [0.05, 0.1) is 37.8 Å². The number of nitrogens with zero attached hydrogens (tertiary/aromatic N) is 3. The Morgan fingerprint density at radius 2 is 1.74 bits per heavy atom. The standard InChI is InChI=1S/C26H34N4O4S/c1-7-33-22-14-13-19(15-23(22)34-8-2)25(17(3)4)27-24(31)16-35-26-29-28-18(5)30(26)20-11-9-10-12-21(20)32-6/h9-15,17,25H,7-8,16H2,1-6H3,(H,27,31). The van der Waals surface area contributed by atoms with E-state index in [0.717, 1.165) is 17.1 Å². The van der Waals surface area contributed by atoms with Crippen LogP contribution in [-0.4, -0.2) is 46.7 Å². The van der Waals surface area contributed by atoms with E-state index in [0.29, 0.717) is 35.6 Å². The maximum Gasteiger partial charge on any atom is 0.230 e. The van der Waals surface area contributed by atoms with E-state index in [-0.39, 0.29) is 23.6 Å². The molecule has 0 aliphatic heterocycles. The number of methoxy groups -OCH3 is 1. The predicted octanol–water partition coefficient (Wildman–Crippen LogP) is 4.99. The fourth-order valence-electron chi connectivity index (χ4n) is 3.77. The summed E-state index contributed by atoms with van der Waals surface area (Å²) < 4.78 is 18.9. The normalized spacial score (nSPS) is 11.9. The van der Waals surface area contributed by atoms with Crippen LogP contribution in [0, 0.1) is 12.8 Å². The van der Waals surface area contributed by atoms with Crippen LogP contribution < -0.4 is 19.5 Å². The summed E-state index contributed by atoms with van der Waals surface area (Å²) in [6.45, 7) is 11.0. The molecular formula is C26H34N4O4S. The number of hydrogen-bond acceptors (Lipinski definition) is 7. The van der Waals surface area contributed by atoms with Gasteiger partial charge in [-0.25, -0.2) is 0 Å². The molecule has 1 unspecified atom stereocenters. The van der Waals surface area contributed by atoms with Crippen LogP contribution in [0.4, 0.5) is 0 Å². The van der Waals surface area contributed by atoms with E-state index in [1.54, 1.807) is 7.11 Å². The number of aromatic nitrogens is 3. The minimum absolute atomic E-state index is 0.0900. The van der Waals surface area contributed by atoms with Crippen LogP contribution in [0.5, 0.6) is 17.2 Å². The topological polar surface area (TPSA) is 87.5 Å². The van der Waals surface area contributed by atoms with Gasteiger partial charge in [0.1, 0.15) is 11.6 Å². The first-order valence-corrected chi connectivity index (χ1v) is 12.7. The van der Waals surface area contributed by atoms with Gasteiger partial charge in [0.2, 0.25) is 5.91 Å². The second kappa shape index (κ2) is 12.5. The van der Waals surface area contributed by atoms with Crippen molar-refractivity contribution in [1.82, 2.24) is 20.1 Å². The average Bonchev–Trinajstić information content (AvgIpc) is 3.22. The zero-order valence-corrected chi connectivity index (χ0v) is 22.0. The fourth-order valence-corrected chi connectivity index (χ4v) is 4.57. The summed E-state index contributed by atoms with van der Waals surface area (Å²) in [5, 5.41) is 12.3. The number of ether oxygens (including phenoxy) is 3.